The summed E-state index contributed by atoms with van der Waals surface area (Å²) in [4.78, 5) is 17.2. The van der Waals surface area contributed by atoms with Crippen molar-refractivity contribution in [1.82, 2.24) is 14.7 Å². The Bertz CT molecular complexity index is 995. The number of hydrogen-bond donors (Lipinski definition) is 0. The molecule has 2 heterocycles. The first kappa shape index (κ1) is 18.8. The summed E-state index contributed by atoms with van der Waals surface area (Å²) >= 11 is 12.5. The summed E-state index contributed by atoms with van der Waals surface area (Å²) in [5.41, 5.74) is 3.18. The molecule has 0 bridgehead atoms. The Morgan fingerprint density at radius 2 is 1.68 bits per heavy atom. The van der Waals surface area contributed by atoms with Crippen LogP contribution in [0.4, 0.5) is 5.69 Å². The lowest BCUT2D eigenvalue weighted by molar-refractivity contribution is 0.0737. The average Bonchev–Trinajstić information content (AvgIpc) is 3.12. The van der Waals surface area contributed by atoms with Crippen molar-refractivity contribution in [3.8, 4) is 5.69 Å². The van der Waals surface area contributed by atoms with Gasteiger partial charge in [-0.3, -0.25) is 4.79 Å². The minimum Gasteiger partial charge on any atom is -0.367 e. The van der Waals surface area contributed by atoms with Crippen molar-refractivity contribution >= 4 is 34.8 Å². The van der Waals surface area contributed by atoms with E-state index in [9.17, 15) is 4.79 Å². The molecule has 4 rings (SSSR count). The number of rotatable bonds is 3. The number of anilines is 1. The number of benzene rings is 2. The summed E-state index contributed by atoms with van der Waals surface area (Å²) in [5, 5.41) is 5.61. The third-order valence-corrected chi connectivity index (χ3v) is 5.70. The summed E-state index contributed by atoms with van der Waals surface area (Å²) in [6, 6.07) is 17.2. The maximum absolute atomic E-state index is 13.2. The Morgan fingerprint density at radius 3 is 2.39 bits per heavy atom. The Morgan fingerprint density at radius 1 is 0.964 bits per heavy atom. The third kappa shape index (κ3) is 3.60. The molecule has 1 amide bonds. The van der Waals surface area contributed by atoms with Gasteiger partial charge >= 0.3 is 0 Å². The molecular formula is C21H20Cl2N4O. The number of carbonyl (C=O) groups excluding carboxylic acids is 1. The van der Waals surface area contributed by atoms with Crippen LogP contribution in [0.3, 0.4) is 0 Å². The zero-order valence-corrected chi connectivity index (χ0v) is 17.0. The highest BCUT2D eigenvalue weighted by molar-refractivity contribution is 6.43. The van der Waals surface area contributed by atoms with Gasteiger partial charge in [0.2, 0.25) is 0 Å². The van der Waals surface area contributed by atoms with Crippen molar-refractivity contribution in [2.45, 2.75) is 6.92 Å². The Balaban J connectivity index is 1.52. The number of aromatic nitrogens is 2. The summed E-state index contributed by atoms with van der Waals surface area (Å²) in [6.45, 7) is 4.52. The van der Waals surface area contributed by atoms with Gasteiger partial charge in [-0.1, -0.05) is 47.5 Å². The molecule has 1 aliphatic rings. The van der Waals surface area contributed by atoms with Crippen molar-refractivity contribution < 1.29 is 4.79 Å². The van der Waals surface area contributed by atoms with Gasteiger partial charge in [0.25, 0.3) is 5.91 Å². The monoisotopic (exact) mass is 414 g/mol. The second-order valence-corrected chi connectivity index (χ2v) is 7.56. The van der Waals surface area contributed by atoms with Crippen molar-refractivity contribution in [1.29, 1.82) is 0 Å². The average molecular weight is 415 g/mol. The van der Waals surface area contributed by atoms with Gasteiger partial charge in [-0.15, -0.1) is 0 Å². The topological polar surface area (TPSA) is 41.4 Å². The normalized spacial score (nSPS) is 14.4. The number of halogens is 2. The summed E-state index contributed by atoms with van der Waals surface area (Å²) in [5.74, 6) is -0.0127. The maximum Gasteiger partial charge on any atom is 0.272 e. The number of para-hydroxylation sites is 1. The largest absolute Gasteiger partial charge is 0.367 e. The quantitative estimate of drug-likeness (QED) is 0.635. The lowest BCUT2D eigenvalue weighted by Gasteiger charge is -2.36. The van der Waals surface area contributed by atoms with Crippen LogP contribution in [0.25, 0.3) is 5.69 Å². The zero-order valence-electron chi connectivity index (χ0n) is 15.5. The first-order valence-corrected chi connectivity index (χ1v) is 9.90. The van der Waals surface area contributed by atoms with Crippen LogP contribution in [0.15, 0.2) is 54.6 Å². The molecule has 1 saturated heterocycles. The molecule has 0 saturated carbocycles. The van der Waals surface area contributed by atoms with Gasteiger partial charge in [0, 0.05) is 26.2 Å². The zero-order chi connectivity index (χ0) is 19.7. The van der Waals surface area contributed by atoms with Crippen LogP contribution in [0.2, 0.25) is 10.0 Å². The van der Waals surface area contributed by atoms with E-state index >= 15 is 0 Å². The smallest absolute Gasteiger partial charge is 0.272 e. The van der Waals surface area contributed by atoms with E-state index < -0.39 is 0 Å². The number of hydrogen-bond acceptors (Lipinski definition) is 3. The molecule has 0 unspecified atom stereocenters. The van der Waals surface area contributed by atoms with Crippen molar-refractivity contribution in [3.05, 3.63) is 76.0 Å². The van der Waals surface area contributed by atoms with E-state index in [1.807, 2.05) is 60.4 Å². The molecule has 0 radical (unpaired) electrons. The van der Waals surface area contributed by atoms with Gasteiger partial charge in [-0.05, 0) is 37.3 Å². The first-order chi connectivity index (χ1) is 13.5. The molecule has 0 atom stereocenters. The van der Waals surface area contributed by atoms with Gasteiger partial charge in [0.05, 0.1) is 27.1 Å². The predicted octanol–water partition coefficient (Wildman–Crippen LogP) is 4.45. The molecule has 7 heteroatoms. The van der Waals surface area contributed by atoms with Gasteiger partial charge in [-0.2, -0.15) is 5.10 Å². The number of piperazine rings is 1. The molecule has 1 aliphatic heterocycles. The van der Waals surface area contributed by atoms with Crippen LogP contribution in [0, 0.1) is 6.92 Å². The van der Waals surface area contributed by atoms with E-state index in [2.05, 4.69) is 10.00 Å². The lowest BCUT2D eigenvalue weighted by atomic mass is 10.2. The highest BCUT2D eigenvalue weighted by atomic mass is 35.5. The SMILES string of the molecule is Cc1cc(C(=O)N2CCN(c3cccc(Cl)c3Cl)CC2)n(-c2ccccc2)n1. The molecule has 2 aromatic carbocycles. The molecule has 5 nitrogen and oxygen atoms in total. The third-order valence-electron chi connectivity index (χ3n) is 4.89. The van der Waals surface area contributed by atoms with E-state index in [0.29, 0.717) is 41.9 Å². The highest BCUT2D eigenvalue weighted by Gasteiger charge is 2.26. The van der Waals surface area contributed by atoms with Crippen molar-refractivity contribution in [2.75, 3.05) is 31.1 Å². The van der Waals surface area contributed by atoms with E-state index in [1.165, 1.54) is 0 Å². The molecule has 144 valence electrons. The second-order valence-electron chi connectivity index (χ2n) is 6.77. The standard InChI is InChI=1S/C21H20Cl2N4O/c1-15-14-19(27(24-15)16-6-3-2-4-7-16)21(28)26-12-10-25(11-13-26)18-9-5-8-17(22)20(18)23/h2-9,14H,10-13H2,1H3. The number of aryl methyl sites for hydroxylation is 1. The second kappa shape index (κ2) is 7.86. The Labute approximate surface area is 174 Å². The first-order valence-electron chi connectivity index (χ1n) is 9.15. The minimum absolute atomic E-state index is 0.0127. The van der Waals surface area contributed by atoms with E-state index in [1.54, 1.807) is 10.7 Å². The van der Waals surface area contributed by atoms with E-state index in [4.69, 9.17) is 23.2 Å². The van der Waals surface area contributed by atoms with E-state index in [0.717, 1.165) is 17.1 Å². The van der Waals surface area contributed by atoms with Crippen molar-refractivity contribution in [3.63, 3.8) is 0 Å². The molecule has 1 fully saturated rings. The van der Waals surface area contributed by atoms with Gasteiger partial charge < -0.3 is 9.80 Å². The molecular weight excluding hydrogens is 395 g/mol. The van der Waals surface area contributed by atoms with Crippen LogP contribution < -0.4 is 4.90 Å². The van der Waals surface area contributed by atoms with E-state index in [-0.39, 0.29) is 5.91 Å². The highest BCUT2D eigenvalue weighted by Crippen LogP contribution is 2.33. The van der Waals surface area contributed by atoms with Gasteiger partial charge in [-0.25, -0.2) is 4.68 Å². The molecule has 3 aromatic rings. The van der Waals surface area contributed by atoms with Gasteiger partial charge in [0.1, 0.15) is 5.69 Å². The Kier molecular flexibility index (Phi) is 5.29. The molecule has 0 aliphatic carbocycles. The Hall–Kier alpha value is -2.50. The molecule has 28 heavy (non-hydrogen) atoms. The van der Waals surface area contributed by atoms with Crippen LogP contribution >= 0.6 is 23.2 Å². The maximum atomic E-state index is 13.2. The fraction of sp³-hybridized carbons (Fsp3) is 0.238. The molecule has 1 aromatic heterocycles. The summed E-state index contributed by atoms with van der Waals surface area (Å²) in [7, 11) is 0. The fourth-order valence-corrected chi connectivity index (χ4v) is 3.88. The molecule has 0 N–H and O–H groups in total. The predicted molar refractivity (Wildman–Crippen MR) is 113 cm³/mol. The van der Waals surface area contributed by atoms with Gasteiger partial charge in [0.15, 0.2) is 0 Å². The van der Waals surface area contributed by atoms with Crippen LogP contribution in [-0.2, 0) is 0 Å². The van der Waals surface area contributed by atoms with Crippen LogP contribution in [0.1, 0.15) is 16.2 Å². The van der Waals surface area contributed by atoms with Crippen LogP contribution in [-0.4, -0.2) is 46.8 Å². The number of amides is 1. The lowest BCUT2D eigenvalue weighted by Crippen LogP contribution is -2.49. The summed E-state index contributed by atoms with van der Waals surface area (Å²) in [6.07, 6.45) is 0. The molecule has 0 spiro atoms. The summed E-state index contributed by atoms with van der Waals surface area (Å²) < 4.78 is 1.72. The van der Waals surface area contributed by atoms with Crippen molar-refractivity contribution in [2.24, 2.45) is 0 Å². The van der Waals surface area contributed by atoms with Crippen LogP contribution in [0.5, 0.6) is 0 Å². The minimum atomic E-state index is -0.0127. The number of carbonyl (C=O) groups is 1. The fourth-order valence-electron chi connectivity index (χ4n) is 3.47. The number of nitrogens with zero attached hydrogens (tertiary/aromatic N) is 4.